The maximum atomic E-state index is 11.5. The van der Waals surface area contributed by atoms with Crippen molar-refractivity contribution in [2.24, 2.45) is 0 Å². The standard InChI is InChI=1S/C17H14O6/c18-13-4-1-11(9-15(13)20)3-6-17(22)23-8-7-12-2-5-14(19)16(21)10-12/h1-10,18-21H. The van der Waals surface area contributed by atoms with Gasteiger partial charge in [0.1, 0.15) is 0 Å². The van der Waals surface area contributed by atoms with Gasteiger partial charge in [-0.25, -0.2) is 4.79 Å². The normalized spacial score (nSPS) is 11.1. The largest absolute Gasteiger partial charge is 0.504 e. The lowest BCUT2D eigenvalue weighted by atomic mass is 10.2. The van der Waals surface area contributed by atoms with E-state index in [4.69, 9.17) is 4.74 Å². The third-order valence-corrected chi connectivity index (χ3v) is 2.86. The number of carbonyl (C=O) groups is 1. The Hall–Kier alpha value is -3.41. The highest BCUT2D eigenvalue weighted by molar-refractivity contribution is 5.87. The van der Waals surface area contributed by atoms with Crippen molar-refractivity contribution in [1.82, 2.24) is 0 Å². The Morgan fingerprint density at radius 3 is 1.83 bits per heavy atom. The van der Waals surface area contributed by atoms with E-state index in [1.807, 2.05) is 0 Å². The first kappa shape index (κ1) is 16.0. The molecule has 0 aliphatic carbocycles. The van der Waals surface area contributed by atoms with E-state index in [1.54, 1.807) is 0 Å². The number of aromatic hydroxyl groups is 4. The van der Waals surface area contributed by atoms with Crippen LogP contribution in [0.2, 0.25) is 0 Å². The molecule has 4 N–H and O–H groups in total. The number of phenols is 4. The zero-order valence-electron chi connectivity index (χ0n) is 11.9. The zero-order valence-corrected chi connectivity index (χ0v) is 11.9. The summed E-state index contributed by atoms with van der Waals surface area (Å²) < 4.78 is 4.83. The van der Waals surface area contributed by atoms with Crippen LogP contribution in [-0.2, 0) is 9.53 Å². The van der Waals surface area contributed by atoms with Crippen LogP contribution in [0, 0.1) is 0 Å². The van der Waals surface area contributed by atoms with Crippen molar-refractivity contribution in [2.75, 3.05) is 0 Å². The highest BCUT2D eigenvalue weighted by Crippen LogP contribution is 2.26. The fourth-order valence-electron chi connectivity index (χ4n) is 1.67. The minimum absolute atomic E-state index is 0.237. The third kappa shape index (κ3) is 4.53. The number of hydrogen-bond acceptors (Lipinski definition) is 6. The maximum absolute atomic E-state index is 11.5. The quantitative estimate of drug-likeness (QED) is 0.299. The van der Waals surface area contributed by atoms with Crippen LogP contribution in [0.15, 0.2) is 48.7 Å². The van der Waals surface area contributed by atoms with Crippen LogP contribution >= 0.6 is 0 Å². The maximum Gasteiger partial charge on any atom is 0.335 e. The van der Waals surface area contributed by atoms with Gasteiger partial charge in [0, 0.05) is 6.08 Å². The van der Waals surface area contributed by atoms with E-state index in [-0.39, 0.29) is 23.0 Å². The van der Waals surface area contributed by atoms with E-state index >= 15 is 0 Å². The Bertz CT molecular complexity index is 777. The van der Waals surface area contributed by atoms with Crippen molar-refractivity contribution in [3.8, 4) is 23.0 Å². The summed E-state index contributed by atoms with van der Waals surface area (Å²) in [7, 11) is 0. The molecule has 0 aliphatic rings. The summed E-state index contributed by atoms with van der Waals surface area (Å²) >= 11 is 0. The molecule has 0 unspecified atom stereocenters. The van der Waals surface area contributed by atoms with Crippen molar-refractivity contribution in [3.63, 3.8) is 0 Å². The van der Waals surface area contributed by atoms with Crippen LogP contribution in [-0.4, -0.2) is 26.4 Å². The minimum Gasteiger partial charge on any atom is -0.504 e. The van der Waals surface area contributed by atoms with Gasteiger partial charge >= 0.3 is 5.97 Å². The SMILES string of the molecule is O=C(C=Cc1ccc(O)c(O)c1)OC=Cc1ccc(O)c(O)c1. The second-order valence-corrected chi connectivity index (χ2v) is 4.57. The summed E-state index contributed by atoms with van der Waals surface area (Å²) in [5.41, 5.74) is 1.06. The summed E-state index contributed by atoms with van der Waals surface area (Å²) in [5, 5.41) is 37.0. The molecule has 0 radical (unpaired) electrons. The molecule has 2 aromatic carbocycles. The Kier molecular flexibility index (Phi) is 4.89. The number of hydrogen-bond donors (Lipinski definition) is 4. The second-order valence-electron chi connectivity index (χ2n) is 4.57. The molecule has 0 atom stereocenters. The first-order valence-corrected chi connectivity index (χ1v) is 6.55. The fourth-order valence-corrected chi connectivity index (χ4v) is 1.67. The van der Waals surface area contributed by atoms with Crippen molar-refractivity contribution < 1.29 is 30.0 Å². The lowest BCUT2D eigenvalue weighted by Crippen LogP contribution is -1.93. The average Bonchev–Trinajstić information content (AvgIpc) is 2.52. The van der Waals surface area contributed by atoms with E-state index in [9.17, 15) is 25.2 Å². The van der Waals surface area contributed by atoms with Crippen LogP contribution < -0.4 is 0 Å². The van der Waals surface area contributed by atoms with Crippen molar-refractivity contribution >= 4 is 18.1 Å². The van der Waals surface area contributed by atoms with Crippen LogP contribution in [0.3, 0.4) is 0 Å². The summed E-state index contributed by atoms with van der Waals surface area (Å²) in [5.74, 6) is -1.68. The molecule has 0 aliphatic heterocycles. The van der Waals surface area contributed by atoms with Gasteiger partial charge in [-0.3, -0.25) is 0 Å². The summed E-state index contributed by atoms with van der Waals surface area (Å²) in [4.78, 5) is 11.5. The predicted molar refractivity (Wildman–Crippen MR) is 83.7 cm³/mol. The predicted octanol–water partition coefficient (Wildman–Crippen LogP) is 2.74. The van der Waals surface area contributed by atoms with Gasteiger partial charge in [-0.1, -0.05) is 12.1 Å². The van der Waals surface area contributed by atoms with Crippen LogP contribution in [0.4, 0.5) is 0 Å². The lowest BCUT2D eigenvalue weighted by Gasteiger charge is -1.99. The van der Waals surface area contributed by atoms with Gasteiger partial charge in [0.05, 0.1) is 6.26 Å². The summed E-state index contributed by atoms with van der Waals surface area (Å²) in [6, 6.07) is 8.29. The van der Waals surface area contributed by atoms with E-state index < -0.39 is 5.97 Å². The van der Waals surface area contributed by atoms with E-state index in [1.165, 1.54) is 48.6 Å². The molecule has 2 aromatic rings. The Morgan fingerprint density at radius 2 is 1.30 bits per heavy atom. The van der Waals surface area contributed by atoms with Gasteiger partial charge < -0.3 is 25.2 Å². The Labute approximate surface area is 131 Å². The molecule has 0 heterocycles. The molecule has 23 heavy (non-hydrogen) atoms. The van der Waals surface area contributed by atoms with E-state index in [0.717, 1.165) is 12.3 Å². The second kappa shape index (κ2) is 7.04. The number of rotatable bonds is 4. The zero-order chi connectivity index (χ0) is 16.8. The van der Waals surface area contributed by atoms with Crippen molar-refractivity contribution in [3.05, 3.63) is 59.9 Å². The third-order valence-electron chi connectivity index (χ3n) is 2.86. The molecule has 0 aromatic heterocycles. The highest BCUT2D eigenvalue weighted by atomic mass is 16.5. The van der Waals surface area contributed by atoms with Gasteiger partial charge in [-0.05, 0) is 47.5 Å². The molecular formula is C17H14O6. The van der Waals surface area contributed by atoms with Gasteiger partial charge in [0.2, 0.25) is 0 Å². The number of ether oxygens (including phenoxy) is 1. The molecule has 0 saturated heterocycles. The molecule has 0 bridgehead atoms. The van der Waals surface area contributed by atoms with Gasteiger partial charge in [0.25, 0.3) is 0 Å². The molecular weight excluding hydrogens is 300 g/mol. The smallest absolute Gasteiger partial charge is 0.335 e. The summed E-state index contributed by atoms with van der Waals surface area (Å²) in [6.07, 6.45) is 5.16. The number of esters is 1. The topological polar surface area (TPSA) is 107 Å². The van der Waals surface area contributed by atoms with Crippen molar-refractivity contribution in [2.45, 2.75) is 0 Å². The first-order valence-electron chi connectivity index (χ1n) is 6.55. The van der Waals surface area contributed by atoms with E-state index in [2.05, 4.69) is 0 Å². The summed E-state index contributed by atoms with van der Waals surface area (Å²) in [6.45, 7) is 0. The minimum atomic E-state index is -0.642. The molecule has 0 spiro atoms. The molecule has 2 rings (SSSR count). The highest BCUT2D eigenvalue weighted by Gasteiger charge is 2.00. The van der Waals surface area contributed by atoms with Crippen LogP contribution in [0.1, 0.15) is 11.1 Å². The fraction of sp³-hybridized carbons (Fsp3) is 0. The number of phenolic OH excluding ortho intramolecular Hbond substituents is 4. The first-order chi connectivity index (χ1) is 11.0. The molecule has 118 valence electrons. The van der Waals surface area contributed by atoms with Gasteiger partial charge in [0.15, 0.2) is 23.0 Å². The Morgan fingerprint density at radius 1 is 0.783 bits per heavy atom. The van der Waals surface area contributed by atoms with E-state index in [0.29, 0.717) is 11.1 Å². The molecule has 6 nitrogen and oxygen atoms in total. The molecule has 0 amide bonds. The van der Waals surface area contributed by atoms with Gasteiger partial charge in [-0.2, -0.15) is 0 Å². The number of carbonyl (C=O) groups excluding carboxylic acids is 1. The Balaban J connectivity index is 1.93. The van der Waals surface area contributed by atoms with Crippen molar-refractivity contribution in [1.29, 1.82) is 0 Å². The van der Waals surface area contributed by atoms with Crippen LogP contribution in [0.25, 0.3) is 12.2 Å². The molecule has 0 fully saturated rings. The molecule has 6 heteroatoms. The van der Waals surface area contributed by atoms with Gasteiger partial charge in [-0.15, -0.1) is 0 Å². The average molecular weight is 314 g/mol. The lowest BCUT2D eigenvalue weighted by molar-refractivity contribution is -0.132. The molecule has 0 saturated carbocycles. The number of benzene rings is 2. The van der Waals surface area contributed by atoms with Crippen LogP contribution in [0.5, 0.6) is 23.0 Å². The monoisotopic (exact) mass is 314 g/mol.